The summed E-state index contributed by atoms with van der Waals surface area (Å²) < 4.78 is 17.4. The number of likely N-dealkylation sites (tertiary alicyclic amines) is 1. The summed E-state index contributed by atoms with van der Waals surface area (Å²) in [6, 6.07) is 2.05. The third-order valence-electron chi connectivity index (χ3n) is 5.35. The van der Waals surface area contributed by atoms with Crippen LogP contribution in [0.5, 0.6) is 0 Å². The first-order chi connectivity index (χ1) is 10.3. The lowest BCUT2D eigenvalue weighted by atomic mass is 9.86. The van der Waals surface area contributed by atoms with Crippen molar-refractivity contribution in [3.05, 3.63) is 24.2 Å². The van der Waals surface area contributed by atoms with Crippen LogP contribution in [0.15, 0.2) is 23.0 Å². The highest BCUT2D eigenvalue weighted by molar-refractivity contribution is 5.07. The topological polar surface area (TPSA) is 34.8 Å². The van der Waals surface area contributed by atoms with Gasteiger partial charge in [0.25, 0.3) is 0 Å². The Morgan fingerprint density at radius 3 is 3.10 bits per heavy atom. The molecule has 4 rings (SSSR count). The average Bonchev–Trinajstić information content (AvgIpc) is 3.13. The van der Waals surface area contributed by atoms with E-state index in [1.807, 2.05) is 12.3 Å². The van der Waals surface area contributed by atoms with E-state index in [9.17, 15) is 0 Å². The van der Waals surface area contributed by atoms with Crippen LogP contribution in [0, 0.1) is 5.92 Å². The first-order valence-electron chi connectivity index (χ1n) is 8.30. The quantitative estimate of drug-likeness (QED) is 0.835. The van der Waals surface area contributed by atoms with Crippen molar-refractivity contribution in [2.75, 3.05) is 26.3 Å². The zero-order chi connectivity index (χ0) is 14.1. The highest BCUT2D eigenvalue weighted by atomic mass is 16.6. The molecule has 0 amide bonds. The number of nitrogens with zero attached hydrogens (tertiary/aromatic N) is 1. The number of hydrogen-bond donors (Lipinski definition) is 0. The second-order valence-corrected chi connectivity index (χ2v) is 7.04. The SMILES string of the molecule is c1cc(CN2CC[C@@]3(C[C@H](OCC4CCC4)CO3)C2)co1. The highest BCUT2D eigenvalue weighted by Crippen LogP contribution is 2.37. The summed E-state index contributed by atoms with van der Waals surface area (Å²) in [5.41, 5.74) is 1.30. The summed E-state index contributed by atoms with van der Waals surface area (Å²) in [5, 5.41) is 0. The van der Waals surface area contributed by atoms with E-state index in [0.29, 0.717) is 6.10 Å². The van der Waals surface area contributed by atoms with E-state index in [2.05, 4.69) is 4.90 Å². The van der Waals surface area contributed by atoms with Gasteiger partial charge in [-0.3, -0.25) is 4.90 Å². The van der Waals surface area contributed by atoms with Gasteiger partial charge in [-0.2, -0.15) is 0 Å². The van der Waals surface area contributed by atoms with Crippen molar-refractivity contribution >= 4 is 0 Å². The minimum Gasteiger partial charge on any atom is -0.472 e. The molecule has 1 aliphatic carbocycles. The molecule has 0 radical (unpaired) electrons. The number of hydrogen-bond acceptors (Lipinski definition) is 4. The minimum atomic E-state index is 0.0496. The summed E-state index contributed by atoms with van der Waals surface area (Å²) in [6.45, 7) is 4.84. The van der Waals surface area contributed by atoms with E-state index < -0.39 is 0 Å². The predicted molar refractivity (Wildman–Crippen MR) is 79.0 cm³/mol. The van der Waals surface area contributed by atoms with Crippen molar-refractivity contribution in [1.29, 1.82) is 0 Å². The van der Waals surface area contributed by atoms with Gasteiger partial charge >= 0.3 is 0 Å². The van der Waals surface area contributed by atoms with Crippen LogP contribution in [0.25, 0.3) is 0 Å². The Labute approximate surface area is 126 Å². The van der Waals surface area contributed by atoms with Crippen LogP contribution in [-0.2, 0) is 16.0 Å². The van der Waals surface area contributed by atoms with Crippen LogP contribution >= 0.6 is 0 Å². The number of rotatable bonds is 5. The van der Waals surface area contributed by atoms with Crippen molar-refractivity contribution in [3.8, 4) is 0 Å². The van der Waals surface area contributed by atoms with Crippen molar-refractivity contribution < 1.29 is 13.9 Å². The average molecular weight is 291 g/mol. The molecule has 0 bridgehead atoms. The van der Waals surface area contributed by atoms with Gasteiger partial charge < -0.3 is 13.9 Å². The van der Waals surface area contributed by atoms with Crippen LogP contribution < -0.4 is 0 Å². The fourth-order valence-electron chi connectivity index (χ4n) is 3.83. The molecular weight excluding hydrogens is 266 g/mol. The van der Waals surface area contributed by atoms with Crippen LogP contribution in [0.4, 0.5) is 0 Å². The Balaban J connectivity index is 1.26. The van der Waals surface area contributed by atoms with Gasteiger partial charge in [0.15, 0.2) is 0 Å². The molecule has 4 heteroatoms. The maximum atomic E-state index is 6.16. The fourth-order valence-corrected chi connectivity index (χ4v) is 3.83. The second kappa shape index (κ2) is 5.75. The third kappa shape index (κ3) is 3.03. The molecule has 1 aromatic rings. The lowest BCUT2D eigenvalue weighted by molar-refractivity contribution is -0.00868. The van der Waals surface area contributed by atoms with Gasteiger partial charge in [0, 0.05) is 38.2 Å². The molecule has 1 spiro atoms. The Kier molecular flexibility index (Phi) is 3.78. The van der Waals surface area contributed by atoms with Gasteiger partial charge in [-0.05, 0) is 31.2 Å². The Morgan fingerprint density at radius 2 is 2.33 bits per heavy atom. The zero-order valence-electron chi connectivity index (χ0n) is 12.6. The van der Waals surface area contributed by atoms with Crippen LogP contribution in [-0.4, -0.2) is 42.9 Å². The third-order valence-corrected chi connectivity index (χ3v) is 5.35. The summed E-state index contributed by atoms with van der Waals surface area (Å²) >= 11 is 0. The highest BCUT2D eigenvalue weighted by Gasteiger charge is 2.46. The lowest BCUT2D eigenvalue weighted by Gasteiger charge is -2.27. The molecule has 3 fully saturated rings. The van der Waals surface area contributed by atoms with Crippen LogP contribution in [0.3, 0.4) is 0 Å². The molecule has 1 saturated carbocycles. The monoisotopic (exact) mass is 291 g/mol. The maximum Gasteiger partial charge on any atom is 0.0947 e. The predicted octanol–water partition coefficient (Wildman–Crippen LogP) is 2.83. The lowest BCUT2D eigenvalue weighted by Crippen LogP contribution is -2.33. The van der Waals surface area contributed by atoms with Crippen molar-refractivity contribution in [2.45, 2.75) is 50.4 Å². The van der Waals surface area contributed by atoms with Crippen LogP contribution in [0.2, 0.25) is 0 Å². The molecule has 21 heavy (non-hydrogen) atoms. The van der Waals surface area contributed by atoms with Gasteiger partial charge in [0.2, 0.25) is 0 Å². The van der Waals surface area contributed by atoms with E-state index in [4.69, 9.17) is 13.9 Å². The molecule has 0 unspecified atom stereocenters. The second-order valence-electron chi connectivity index (χ2n) is 7.04. The maximum absolute atomic E-state index is 6.16. The molecule has 3 aliphatic rings. The molecule has 4 nitrogen and oxygen atoms in total. The van der Waals surface area contributed by atoms with Gasteiger partial charge in [-0.15, -0.1) is 0 Å². The standard InChI is InChI=1S/C17H25NO3/c1-2-14(3-1)11-20-16-8-17(21-12-16)5-6-18(13-17)9-15-4-7-19-10-15/h4,7,10,14,16H,1-3,5-6,8-9,11-13H2/t16-,17+/m0/s1. The largest absolute Gasteiger partial charge is 0.472 e. The first kappa shape index (κ1) is 13.8. The Hall–Kier alpha value is -0.840. The summed E-state index contributed by atoms with van der Waals surface area (Å²) in [7, 11) is 0. The van der Waals surface area contributed by atoms with Gasteiger partial charge in [-0.25, -0.2) is 0 Å². The zero-order valence-corrected chi connectivity index (χ0v) is 12.6. The minimum absolute atomic E-state index is 0.0496. The fraction of sp³-hybridized carbons (Fsp3) is 0.765. The van der Waals surface area contributed by atoms with E-state index in [1.54, 1.807) is 6.26 Å². The van der Waals surface area contributed by atoms with E-state index in [1.165, 1.54) is 24.8 Å². The molecule has 2 aliphatic heterocycles. The molecule has 3 heterocycles. The molecule has 0 N–H and O–H groups in total. The molecule has 116 valence electrons. The van der Waals surface area contributed by atoms with Crippen LogP contribution in [0.1, 0.15) is 37.7 Å². The van der Waals surface area contributed by atoms with Gasteiger partial charge in [0.05, 0.1) is 30.8 Å². The smallest absolute Gasteiger partial charge is 0.0947 e. The number of ether oxygens (including phenoxy) is 2. The van der Waals surface area contributed by atoms with Gasteiger partial charge in [0.1, 0.15) is 0 Å². The van der Waals surface area contributed by atoms with E-state index in [-0.39, 0.29) is 5.60 Å². The van der Waals surface area contributed by atoms with Crippen molar-refractivity contribution in [1.82, 2.24) is 4.90 Å². The summed E-state index contributed by atoms with van der Waals surface area (Å²) in [6.07, 6.45) is 10.2. The summed E-state index contributed by atoms with van der Waals surface area (Å²) in [4.78, 5) is 2.47. The van der Waals surface area contributed by atoms with E-state index in [0.717, 1.165) is 51.6 Å². The molecule has 0 aromatic carbocycles. The first-order valence-corrected chi connectivity index (χ1v) is 8.30. The molecule has 2 atom stereocenters. The van der Waals surface area contributed by atoms with E-state index >= 15 is 0 Å². The molecule has 1 aromatic heterocycles. The Morgan fingerprint density at radius 1 is 1.38 bits per heavy atom. The van der Waals surface area contributed by atoms with Crippen molar-refractivity contribution in [3.63, 3.8) is 0 Å². The molecule has 2 saturated heterocycles. The number of furan rings is 1. The Bertz CT molecular complexity index is 457. The van der Waals surface area contributed by atoms with Crippen molar-refractivity contribution in [2.24, 2.45) is 5.92 Å². The van der Waals surface area contributed by atoms with Gasteiger partial charge in [-0.1, -0.05) is 6.42 Å². The molecular formula is C17H25NO3. The normalized spacial score (nSPS) is 33.8. The summed E-state index contributed by atoms with van der Waals surface area (Å²) in [5.74, 6) is 0.822.